The maximum atomic E-state index is 13.9. The molecular formula is C27H30Cl2N4O5. The average Bonchev–Trinajstić information content (AvgIpc) is 3.69. The van der Waals surface area contributed by atoms with Gasteiger partial charge in [-0.1, -0.05) is 23.2 Å². The second kappa shape index (κ2) is 9.84. The van der Waals surface area contributed by atoms with Crippen molar-refractivity contribution in [3.8, 4) is 0 Å². The van der Waals surface area contributed by atoms with Crippen LogP contribution in [-0.4, -0.2) is 70.3 Å². The van der Waals surface area contributed by atoms with Crippen LogP contribution in [0.25, 0.3) is 10.9 Å². The highest BCUT2D eigenvalue weighted by Gasteiger charge is 2.59. The number of aromatic amines is 1. The van der Waals surface area contributed by atoms with Gasteiger partial charge in [-0.15, -0.1) is 0 Å². The summed E-state index contributed by atoms with van der Waals surface area (Å²) in [7, 11) is 0. The van der Waals surface area contributed by atoms with Gasteiger partial charge in [-0.25, -0.2) is 0 Å². The number of carbonyl (C=O) groups excluding carboxylic acids is 4. The molecule has 38 heavy (non-hydrogen) atoms. The first-order valence-corrected chi connectivity index (χ1v) is 14.0. The lowest BCUT2D eigenvalue weighted by Gasteiger charge is -2.31. The number of nitrogens with one attached hydrogen (secondary N) is 3. The van der Waals surface area contributed by atoms with Crippen LogP contribution in [0.2, 0.25) is 10.0 Å². The number of rotatable bonds is 7. The molecule has 4 N–H and O–H groups in total. The molecule has 0 radical (unpaired) electrons. The number of aromatic nitrogens is 1. The number of amides is 3. The van der Waals surface area contributed by atoms with Gasteiger partial charge < -0.3 is 25.6 Å². The number of aliphatic hydroxyl groups is 1. The summed E-state index contributed by atoms with van der Waals surface area (Å²) in [6, 6.07) is 3.27. The van der Waals surface area contributed by atoms with Gasteiger partial charge in [0.15, 0.2) is 5.78 Å². The van der Waals surface area contributed by atoms with Crippen LogP contribution < -0.4 is 10.6 Å². The van der Waals surface area contributed by atoms with E-state index in [0.29, 0.717) is 58.0 Å². The number of benzene rings is 1. The van der Waals surface area contributed by atoms with Crippen LogP contribution in [0, 0.1) is 29.6 Å². The lowest BCUT2D eigenvalue weighted by molar-refractivity contribution is -0.133. The molecule has 1 aromatic heterocycles. The molecule has 2 aromatic rings. The fourth-order valence-corrected chi connectivity index (χ4v) is 8.06. The molecule has 2 saturated carbocycles. The number of ketones is 1. The van der Waals surface area contributed by atoms with E-state index in [1.165, 1.54) is 0 Å². The number of hydrogen-bond acceptors (Lipinski definition) is 5. The normalized spacial score (nSPS) is 30.5. The van der Waals surface area contributed by atoms with Crippen LogP contribution in [0.15, 0.2) is 18.2 Å². The highest BCUT2D eigenvalue weighted by molar-refractivity contribution is 6.38. The quantitative estimate of drug-likeness (QED) is 0.413. The Bertz CT molecular complexity index is 1330. The summed E-state index contributed by atoms with van der Waals surface area (Å²) in [6.45, 7) is 0.257. The second-order valence-electron chi connectivity index (χ2n) is 11.2. The molecule has 2 saturated heterocycles. The molecule has 6 rings (SSSR count). The number of nitrogens with zero attached hydrogens (tertiary/aromatic N) is 1. The van der Waals surface area contributed by atoms with E-state index in [1.54, 1.807) is 23.1 Å². The van der Waals surface area contributed by atoms with Crippen LogP contribution in [-0.2, 0) is 14.4 Å². The Morgan fingerprint density at radius 1 is 1.13 bits per heavy atom. The Kier molecular flexibility index (Phi) is 6.64. The van der Waals surface area contributed by atoms with Crippen LogP contribution >= 0.6 is 23.2 Å². The minimum absolute atomic E-state index is 0.0137. The van der Waals surface area contributed by atoms with E-state index < -0.39 is 36.3 Å². The van der Waals surface area contributed by atoms with Gasteiger partial charge in [0.25, 0.3) is 5.91 Å². The summed E-state index contributed by atoms with van der Waals surface area (Å²) in [5, 5.41) is 16.7. The first-order chi connectivity index (χ1) is 18.2. The number of H-pyrrole nitrogens is 1. The van der Waals surface area contributed by atoms with Crippen molar-refractivity contribution in [1.29, 1.82) is 0 Å². The molecule has 2 aliphatic heterocycles. The molecule has 9 nitrogen and oxygen atoms in total. The zero-order valence-electron chi connectivity index (χ0n) is 20.7. The fourth-order valence-electron chi connectivity index (χ4n) is 7.51. The Morgan fingerprint density at radius 2 is 1.92 bits per heavy atom. The number of carbonyl (C=O) groups is 4. The molecule has 3 amide bonds. The first kappa shape index (κ1) is 25.6. The number of fused-ring (bicyclic) bond motifs is 6. The van der Waals surface area contributed by atoms with Crippen LogP contribution in [0.4, 0.5) is 0 Å². The number of likely N-dealkylation sites (tertiary alicyclic amines) is 1. The van der Waals surface area contributed by atoms with E-state index in [9.17, 15) is 24.3 Å². The number of halogens is 2. The standard InChI is InChI=1S/C27H30Cl2N4O5/c28-15-7-18(29)16-9-21(31-19(16)8-15)27(38)33-10-17-12-1-2-13(5-12)23(17)24(33)26(37)32-20(22(35)11-34)6-14-3-4-30-25(14)36/h7-9,12-14,17,20,23-24,31,34H,1-6,10-11H2,(H,30,36)(H,32,37). The van der Waals surface area contributed by atoms with Crippen molar-refractivity contribution < 1.29 is 24.3 Å². The van der Waals surface area contributed by atoms with Crippen molar-refractivity contribution in [3.63, 3.8) is 0 Å². The van der Waals surface area contributed by atoms with Crippen molar-refractivity contribution in [2.45, 2.75) is 44.2 Å². The van der Waals surface area contributed by atoms with Gasteiger partial charge in [0.2, 0.25) is 11.8 Å². The van der Waals surface area contributed by atoms with E-state index in [0.717, 1.165) is 19.3 Å². The number of hydrogen-bond donors (Lipinski definition) is 4. The predicted molar refractivity (Wildman–Crippen MR) is 141 cm³/mol. The third-order valence-electron chi connectivity index (χ3n) is 9.22. The van der Waals surface area contributed by atoms with Crippen molar-refractivity contribution in [3.05, 3.63) is 33.9 Å². The molecular weight excluding hydrogens is 531 g/mol. The number of aliphatic hydroxyl groups excluding tert-OH is 1. The van der Waals surface area contributed by atoms with E-state index >= 15 is 0 Å². The highest BCUT2D eigenvalue weighted by atomic mass is 35.5. The molecule has 202 valence electrons. The van der Waals surface area contributed by atoms with E-state index in [4.69, 9.17) is 23.2 Å². The van der Waals surface area contributed by atoms with Gasteiger partial charge in [0.1, 0.15) is 18.3 Å². The SMILES string of the molecule is O=C1NCCC1CC(NC(=O)C1C2C3CCC(C3)C2CN1C(=O)c1cc2c(Cl)cc(Cl)cc2[nH]1)C(=O)CO. The van der Waals surface area contributed by atoms with Crippen LogP contribution in [0.5, 0.6) is 0 Å². The van der Waals surface area contributed by atoms with Crippen molar-refractivity contribution >= 4 is 57.6 Å². The van der Waals surface area contributed by atoms with Crippen LogP contribution in [0.3, 0.4) is 0 Å². The summed E-state index contributed by atoms with van der Waals surface area (Å²) in [5.41, 5.74) is 0.953. The second-order valence-corrected chi connectivity index (χ2v) is 12.1. The van der Waals surface area contributed by atoms with E-state index in [2.05, 4.69) is 15.6 Å². The van der Waals surface area contributed by atoms with Gasteiger partial charge in [-0.2, -0.15) is 0 Å². The molecule has 3 heterocycles. The van der Waals surface area contributed by atoms with Gasteiger partial charge in [0, 0.05) is 34.9 Å². The fraction of sp³-hybridized carbons (Fsp3) is 0.556. The van der Waals surface area contributed by atoms with E-state index in [1.807, 2.05) is 0 Å². The lowest BCUT2D eigenvalue weighted by atomic mass is 9.78. The summed E-state index contributed by atoms with van der Waals surface area (Å²) in [6.07, 6.45) is 3.88. The molecule has 2 aliphatic carbocycles. The highest BCUT2D eigenvalue weighted by Crippen LogP contribution is 2.57. The topological polar surface area (TPSA) is 132 Å². The zero-order valence-corrected chi connectivity index (χ0v) is 22.2. The zero-order chi connectivity index (χ0) is 26.7. The predicted octanol–water partition coefficient (Wildman–Crippen LogP) is 2.53. The Morgan fingerprint density at radius 3 is 2.66 bits per heavy atom. The molecule has 4 aliphatic rings. The Labute approximate surface area is 229 Å². The summed E-state index contributed by atoms with van der Waals surface area (Å²) in [4.78, 5) is 57.2. The van der Waals surface area contributed by atoms with Crippen molar-refractivity contribution in [2.24, 2.45) is 29.6 Å². The van der Waals surface area contributed by atoms with Gasteiger partial charge in [-0.05, 0) is 74.0 Å². The van der Waals surface area contributed by atoms with Gasteiger partial charge >= 0.3 is 0 Å². The third kappa shape index (κ3) is 4.28. The Hall–Kier alpha value is -2.62. The molecule has 1 aromatic carbocycles. The van der Waals surface area contributed by atoms with Crippen LogP contribution in [0.1, 0.15) is 42.6 Å². The van der Waals surface area contributed by atoms with Gasteiger partial charge in [0.05, 0.1) is 11.1 Å². The number of Topliss-reactive ketones (excluding diaryl/α,β-unsaturated/α-hetero) is 1. The summed E-state index contributed by atoms with van der Waals surface area (Å²) < 4.78 is 0. The molecule has 4 fully saturated rings. The maximum Gasteiger partial charge on any atom is 0.271 e. The minimum atomic E-state index is -0.995. The van der Waals surface area contributed by atoms with Crippen molar-refractivity contribution in [2.75, 3.05) is 19.7 Å². The monoisotopic (exact) mass is 560 g/mol. The van der Waals surface area contributed by atoms with Crippen molar-refractivity contribution in [1.82, 2.24) is 20.5 Å². The minimum Gasteiger partial charge on any atom is -0.389 e. The molecule has 7 unspecified atom stereocenters. The lowest BCUT2D eigenvalue weighted by Crippen LogP contribution is -2.54. The average molecular weight is 561 g/mol. The maximum absolute atomic E-state index is 13.9. The molecule has 0 spiro atoms. The molecule has 7 atom stereocenters. The smallest absolute Gasteiger partial charge is 0.271 e. The summed E-state index contributed by atoms with van der Waals surface area (Å²) in [5.74, 6) is -0.742. The van der Waals surface area contributed by atoms with E-state index in [-0.39, 0.29) is 30.1 Å². The molecule has 2 bridgehead atoms. The largest absolute Gasteiger partial charge is 0.389 e. The first-order valence-electron chi connectivity index (χ1n) is 13.3. The van der Waals surface area contributed by atoms with Gasteiger partial charge in [-0.3, -0.25) is 19.2 Å². The summed E-state index contributed by atoms with van der Waals surface area (Å²) >= 11 is 12.5. The third-order valence-corrected chi connectivity index (χ3v) is 9.75. The molecule has 11 heteroatoms. The Balaban J connectivity index is 1.29.